The molecule has 0 aliphatic heterocycles. The number of anilines is 1. The van der Waals surface area contributed by atoms with Crippen LogP contribution in [0.2, 0.25) is 0 Å². The summed E-state index contributed by atoms with van der Waals surface area (Å²) in [5.41, 5.74) is 0.508. The lowest BCUT2D eigenvalue weighted by Crippen LogP contribution is -3.14. The first-order valence-electron chi connectivity index (χ1n) is 8.49. The van der Waals surface area contributed by atoms with E-state index in [1.807, 2.05) is 13.8 Å². The molecule has 1 rings (SSSR count). The summed E-state index contributed by atoms with van der Waals surface area (Å²) in [4.78, 5) is 49.1. The number of amides is 2. The average molecular weight is 400 g/mol. The summed E-state index contributed by atoms with van der Waals surface area (Å²) in [6, 6.07) is 0. The molecule has 0 fully saturated rings. The second-order valence-corrected chi connectivity index (χ2v) is 6.72. The minimum absolute atomic E-state index is 0.0404. The molecule has 1 atom stereocenters. The summed E-state index contributed by atoms with van der Waals surface area (Å²) in [6.07, 6.45) is 0. The zero-order valence-corrected chi connectivity index (χ0v) is 17.0. The van der Waals surface area contributed by atoms with Gasteiger partial charge >= 0.3 is 11.9 Å². The molecule has 0 radical (unpaired) electrons. The van der Waals surface area contributed by atoms with E-state index in [9.17, 15) is 19.2 Å². The number of quaternary nitrogens is 1. The maximum absolute atomic E-state index is 12.4. The number of rotatable bonds is 9. The molecule has 0 bridgehead atoms. The van der Waals surface area contributed by atoms with Crippen molar-refractivity contribution in [3.05, 3.63) is 16.0 Å². The van der Waals surface area contributed by atoms with E-state index in [0.717, 1.165) is 16.2 Å². The van der Waals surface area contributed by atoms with Gasteiger partial charge in [0.25, 0.3) is 11.8 Å². The van der Waals surface area contributed by atoms with E-state index in [1.54, 1.807) is 6.92 Å². The Balaban J connectivity index is 2.98. The molecular weight excluding hydrogens is 374 g/mol. The van der Waals surface area contributed by atoms with Gasteiger partial charge in [0.1, 0.15) is 9.88 Å². The van der Waals surface area contributed by atoms with Gasteiger partial charge in [0, 0.05) is 6.54 Å². The molecule has 10 heteroatoms. The number of nitrogens with one attached hydrogen (secondary N) is 3. The van der Waals surface area contributed by atoms with Crippen molar-refractivity contribution in [2.24, 2.45) is 0 Å². The van der Waals surface area contributed by atoms with E-state index in [-0.39, 0.29) is 40.3 Å². The van der Waals surface area contributed by atoms with Crippen LogP contribution in [0.5, 0.6) is 0 Å². The predicted molar refractivity (Wildman–Crippen MR) is 100 cm³/mol. The van der Waals surface area contributed by atoms with Gasteiger partial charge in [0.2, 0.25) is 0 Å². The Morgan fingerprint density at radius 2 is 1.59 bits per heavy atom. The highest BCUT2D eigenvalue weighted by Gasteiger charge is 2.27. The molecule has 0 aliphatic carbocycles. The number of hydrogen-bond acceptors (Lipinski definition) is 7. The lowest BCUT2D eigenvalue weighted by atomic mass is 10.1. The van der Waals surface area contributed by atoms with Crippen molar-refractivity contribution >= 4 is 40.1 Å². The summed E-state index contributed by atoms with van der Waals surface area (Å²) in [6.45, 7) is 6.58. The highest BCUT2D eigenvalue weighted by Crippen LogP contribution is 2.34. The third-order valence-electron chi connectivity index (χ3n) is 3.86. The third kappa shape index (κ3) is 6.04. The van der Waals surface area contributed by atoms with E-state index >= 15 is 0 Å². The van der Waals surface area contributed by atoms with Crippen molar-refractivity contribution in [2.75, 3.05) is 45.7 Å². The number of methoxy groups -OCH3 is 2. The van der Waals surface area contributed by atoms with Crippen molar-refractivity contribution in [3.8, 4) is 0 Å². The first-order chi connectivity index (χ1) is 12.8. The molecule has 0 spiro atoms. The monoisotopic (exact) mass is 400 g/mol. The van der Waals surface area contributed by atoms with Crippen LogP contribution in [-0.2, 0) is 19.1 Å². The van der Waals surface area contributed by atoms with Crippen molar-refractivity contribution in [1.82, 2.24) is 5.32 Å². The zero-order valence-electron chi connectivity index (χ0n) is 16.2. The molecule has 1 unspecified atom stereocenters. The molecular formula is C17H26N3O6S+. The molecule has 9 nitrogen and oxygen atoms in total. The van der Waals surface area contributed by atoms with E-state index in [4.69, 9.17) is 9.47 Å². The van der Waals surface area contributed by atoms with Crippen LogP contribution in [0.25, 0.3) is 0 Å². The number of likely N-dealkylation sites (N-methyl/N-ethyl adjacent to an activating group) is 2. The minimum atomic E-state index is -0.656. The van der Waals surface area contributed by atoms with Crippen molar-refractivity contribution < 1.29 is 33.6 Å². The van der Waals surface area contributed by atoms with Crippen LogP contribution >= 0.6 is 11.3 Å². The second-order valence-electron chi connectivity index (χ2n) is 5.70. The Labute approximate surface area is 162 Å². The van der Waals surface area contributed by atoms with Gasteiger partial charge in [0.15, 0.2) is 13.1 Å². The first-order valence-corrected chi connectivity index (χ1v) is 9.30. The molecule has 0 saturated carbocycles. The van der Waals surface area contributed by atoms with Gasteiger partial charge in [-0.2, -0.15) is 0 Å². The number of hydrogen-bond donors (Lipinski definition) is 3. The summed E-state index contributed by atoms with van der Waals surface area (Å²) in [5.74, 6) is -1.77. The van der Waals surface area contributed by atoms with Crippen LogP contribution in [-0.4, -0.2) is 64.2 Å². The fraction of sp³-hybridized carbons (Fsp3) is 0.529. The number of thiophene rings is 1. The second kappa shape index (κ2) is 10.6. The largest absolute Gasteiger partial charge is 0.465 e. The van der Waals surface area contributed by atoms with Crippen LogP contribution in [0.4, 0.5) is 5.00 Å². The number of esters is 2. The lowest BCUT2D eigenvalue weighted by Gasteiger charge is -2.16. The van der Waals surface area contributed by atoms with Crippen LogP contribution in [0.1, 0.15) is 39.4 Å². The quantitative estimate of drug-likeness (QED) is 0.486. The normalized spacial score (nSPS) is 11.4. The average Bonchev–Trinajstić information content (AvgIpc) is 2.95. The van der Waals surface area contributed by atoms with Gasteiger partial charge in [-0.05, 0) is 26.3 Å². The Morgan fingerprint density at radius 1 is 1.00 bits per heavy atom. The molecule has 1 heterocycles. The standard InChI is InChI=1S/C17H25N3O6S/c1-6-18-11(21)8-20(7-2)9-12(22)19-15-13(16(23)25-4)10(3)14(27-15)17(24)26-5/h6-9H2,1-5H3,(H,18,21)(H,19,22)/p+1. The van der Waals surface area contributed by atoms with Crippen molar-refractivity contribution in [2.45, 2.75) is 20.8 Å². The van der Waals surface area contributed by atoms with Crippen LogP contribution in [0.3, 0.4) is 0 Å². The van der Waals surface area contributed by atoms with Gasteiger partial charge in [-0.15, -0.1) is 11.3 Å². The van der Waals surface area contributed by atoms with Crippen LogP contribution in [0.15, 0.2) is 0 Å². The van der Waals surface area contributed by atoms with Crippen molar-refractivity contribution in [3.63, 3.8) is 0 Å². The Hall–Kier alpha value is -2.46. The maximum Gasteiger partial charge on any atom is 0.348 e. The number of carbonyl (C=O) groups is 4. The highest BCUT2D eigenvalue weighted by molar-refractivity contribution is 7.18. The Morgan fingerprint density at radius 3 is 2.11 bits per heavy atom. The van der Waals surface area contributed by atoms with E-state index < -0.39 is 11.9 Å². The first kappa shape index (κ1) is 22.6. The lowest BCUT2D eigenvalue weighted by molar-refractivity contribution is -0.881. The fourth-order valence-electron chi connectivity index (χ4n) is 2.43. The summed E-state index contributed by atoms with van der Waals surface area (Å²) in [7, 11) is 2.46. The fourth-order valence-corrected chi connectivity index (χ4v) is 3.56. The molecule has 1 aromatic rings. The van der Waals surface area contributed by atoms with Crippen LogP contribution in [0, 0.1) is 6.92 Å². The minimum Gasteiger partial charge on any atom is -0.465 e. The van der Waals surface area contributed by atoms with Crippen molar-refractivity contribution in [1.29, 1.82) is 0 Å². The Kier molecular flexibility index (Phi) is 8.89. The topological polar surface area (TPSA) is 115 Å². The zero-order chi connectivity index (χ0) is 20.6. The van der Waals surface area contributed by atoms with Gasteiger partial charge < -0.3 is 25.0 Å². The number of carbonyl (C=O) groups excluding carboxylic acids is 4. The molecule has 27 heavy (non-hydrogen) atoms. The summed E-state index contributed by atoms with van der Waals surface area (Å²) in [5, 5.41) is 5.57. The van der Waals surface area contributed by atoms with Gasteiger partial charge in [-0.3, -0.25) is 9.59 Å². The number of ether oxygens (including phenoxy) is 2. The smallest absolute Gasteiger partial charge is 0.348 e. The van der Waals surface area contributed by atoms with E-state index in [1.165, 1.54) is 14.2 Å². The molecule has 0 saturated heterocycles. The van der Waals surface area contributed by atoms with Gasteiger partial charge in [0.05, 0.1) is 26.3 Å². The van der Waals surface area contributed by atoms with Gasteiger partial charge in [-0.1, -0.05) is 0 Å². The molecule has 0 aromatic carbocycles. The molecule has 3 N–H and O–H groups in total. The highest BCUT2D eigenvalue weighted by atomic mass is 32.1. The maximum atomic E-state index is 12.4. The van der Waals surface area contributed by atoms with Crippen LogP contribution < -0.4 is 15.5 Å². The molecule has 2 amide bonds. The van der Waals surface area contributed by atoms with E-state index in [0.29, 0.717) is 18.7 Å². The van der Waals surface area contributed by atoms with E-state index in [2.05, 4.69) is 10.6 Å². The Bertz CT molecular complexity index is 716. The summed E-state index contributed by atoms with van der Waals surface area (Å²) >= 11 is 0.952. The molecule has 0 aliphatic rings. The van der Waals surface area contributed by atoms with Gasteiger partial charge in [-0.25, -0.2) is 9.59 Å². The molecule has 1 aromatic heterocycles. The predicted octanol–water partition coefficient (Wildman–Crippen LogP) is -0.391. The third-order valence-corrected chi connectivity index (χ3v) is 5.04. The SMILES string of the molecule is CCNC(=O)C[NH+](CC)CC(=O)Nc1sc(C(=O)OC)c(C)c1C(=O)OC. The molecule has 150 valence electrons. The summed E-state index contributed by atoms with van der Waals surface area (Å²) < 4.78 is 9.46.